The van der Waals surface area contributed by atoms with Gasteiger partial charge in [0.2, 0.25) is 11.8 Å². The predicted molar refractivity (Wildman–Crippen MR) is 102 cm³/mol. The lowest BCUT2D eigenvalue weighted by Crippen LogP contribution is -2.24. The topological polar surface area (TPSA) is 98.3 Å². The second-order valence-corrected chi connectivity index (χ2v) is 5.33. The summed E-state index contributed by atoms with van der Waals surface area (Å²) in [6.45, 7) is 0. The summed E-state index contributed by atoms with van der Waals surface area (Å²) in [4.78, 5) is 23.9. The van der Waals surface area contributed by atoms with Crippen LogP contribution in [0, 0.1) is 0 Å². The third-order valence-corrected chi connectivity index (χ3v) is 3.53. The van der Waals surface area contributed by atoms with Crippen LogP contribution in [0.2, 0.25) is 0 Å². The van der Waals surface area contributed by atoms with E-state index in [9.17, 15) is 9.59 Å². The Hall–Kier alpha value is -3.55. The highest BCUT2D eigenvalue weighted by atomic mass is 16.5. The van der Waals surface area contributed by atoms with Gasteiger partial charge < -0.3 is 19.5 Å². The number of hydrogen-bond donors (Lipinski definition) is 2. The molecule has 2 aromatic carbocycles. The van der Waals surface area contributed by atoms with Crippen molar-refractivity contribution < 1.29 is 23.8 Å². The number of para-hydroxylation sites is 2. The van der Waals surface area contributed by atoms with Crippen LogP contribution >= 0.6 is 0 Å². The average molecular weight is 371 g/mol. The Morgan fingerprint density at radius 3 is 2.41 bits per heavy atom. The normalized spacial score (nSPS) is 10.3. The van der Waals surface area contributed by atoms with Gasteiger partial charge in [-0.3, -0.25) is 9.59 Å². The van der Waals surface area contributed by atoms with Crippen LogP contribution in [0.4, 0.5) is 5.69 Å². The zero-order valence-electron chi connectivity index (χ0n) is 15.3. The molecule has 2 amide bonds. The lowest BCUT2D eigenvalue weighted by Gasteiger charge is -2.09. The molecule has 0 atom stereocenters. The number of methoxy groups -OCH3 is 3. The molecule has 0 aliphatic carbocycles. The lowest BCUT2D eigenvalue weighted by molar-refractivity contribution is -0.126. The average Bonchev–Trinajstić information content (AvgIpc) is 2.68. The Balaban J connectivity index is 1.92. The van der Waals surface area contributed by atoms with Gasteiger partial charge in [0.1, 0.15) is 23.7 Å². The number of amides is 2. The molecule has 0 saturated heterocycles. The van der Waals surface area contributed by atoms with Gasteiger partial charge in [-0.25, -0.2) is 5.43 Å². The minimum Gasteiger partial charge on any atom is -0.497 e. The van der Waals surface area contributed by atoms with E-state index in [-0.39, 0.29) is 6.42 Å². The van der Waals surface area contributed by atoms with Gasteiger partial charge in [0.25, 0.3) is 0 Å². The number of hydrazone groups is 1. The van der Waals surface area contributed by atoms with Crippen molar-refractivity contribution in [1.82, 2.24) is 5.43 Å². The van der Waals surface area contributed by atoms with Crippen molar-refractivity contribution in [2.45, 2.75) is 6.42 Å². The van der Waals surface area contributed by atoms with Crippen molar-refractivity contribution in [3.8, 4) is 17.2 Å². The molecule has 0 aliphatic heterocycles. The van der Waals surface area contributed by atoms with Gasteiger partial charge >= 0.3 is 0 Å². The van der Waals surface area contributed by atoms with E-state index in [0.29, 0.717) is 28.5 Å². The van der Waals surface area contributed by atoms with E-state index in [1.165, 1.54) is 20.4 Å². The minimum absolute atomic E-state index is 0.384. The summed E-state index contributed by atoms with van der Waals surface area (Å²) in [6.07, 6.45) is 1.03. The molecule has 27 heavy (non-hydrogen) atoms. The smallest absolute Gasteiger partial charge is 0.249 e. The van der Waals surface area contributed by atoms with Gasteiger partial charge in [0, 0.05) is 5.56 Å². The maximum absolute atomic E-state index is 12.0. The Kier molecular flexibility index (Phi) is 7.18. The summed E-state index contributed by atoms with van der Waals surface area (Å²) < 4.78 is 15.5. The molecule has 0 aliphatic rings. The second kappa shape index (κ2) is 9.81. The van der Waals surface area contributed by atoms with Crippen LogP contribution in [0.15, 0.2) is 47.6 Å². The van der Waals surface area contributed by atoms with E-state index in [1.807, 2.05) is 0 Å². The number of hydrogen-bond acceptors (Lipinski definition) is 6. The molecule has 8 nitrogen and oxygen atoms in total. The number of carbonyl (C=O) groups is 2. The molecule has 0 bridgehead atoms. The first-order valence-corrected chi connectivity index (χ1v) is 8.04. The molecule has 0 unspecified atom stereocenters. The second-order valence-electron chi connectivity index (χ2n) is 5.33. The molecule has 142 valence electrons. The largest absolute Gasteiger partial charge is 0.497 e. The van der Waals surface area contributed by atoms with E-state index in [0.717, 1.165) is 0 Å². The Labute approximate surface area is 157 Å². The fourth-order valence-electron chi connectivity index (χ4n) is 2.24. The molecule has 2 N–H and O–H groups in total. The third-order valence-electron chi connectivity index (χ3n) is 3.53. The predicted octanol–water partition coefficient (Wildman–Crippen LogP) is 2.19. The van der Waals surface area contributed by atoms with Gasteiger partial charge in [-0.05, 0) is 30.3 Å². The highest BCUT2D eigenvalue weighted by Crippen LogP contribution is 2.23. The highest BCUT2D eigenvalue weighted by Gasteiger charge is 2.11. The first-order valence-electron chi connectivity index (χ1n) is 8.04. The summed E-state index contributed by atoms with van der Waals surface area (Å²) >= 11 is 0. The molecule has 0 saturated carbocycles. The molecule has 0 heterocycles. The summed E-state index contributed by atoms with van der Waals surface area (Å²) in [7, 11) is 4.57. The number of rotatable bonds is 8. The number of nitrogens with one attached hydrogen (secondary N) is 2. The van der Waals surface area contributed by atoms with Gasteiger partial charge in [0.05, 0.1) is 33.2 Å². The first-order chi connectivity index (χ1) is 13.1. The van der Waals surface area contributed by atoms with Gasteiger partial charge in [-0.1, -0.05) is 12.1 Å². The zero-order chi connectivity index (χ0) is 19.6. The van der Waals surface area contributed by atoms with Crippen LogP contribution in [0.3, 0.4) is 0 Å². The monoisotopic (exact) mass is 371 g/mol. The number of nitrogens with zero attached hydrogens (tertiary/aromatic N) is 1. The molecule has 0 fully saturated rings. The highest BCUT2D eigenvalue weighted by molar-refractivity contribution is 6.04. The fourth-order valence-corrected chi connectivity index (χ4v) is 2.24. The van der Waals surface area contributed by atoms with Crippen LogP contribution in [-0.4, -0.2) is 39.4 Å². The van der Waals surface area contributed by atoms with Crippen molar-refractivity contribution >= 4 is 23.7 Å². The van der Waals surface area contributed by atoms with Crippen molar-refractivity contribution in [2.24, 2.45) is 5.10 Å². The molecular weight excluding hydrogens is 350 g/mol. The summed E-state index contributed by atoms with van der Waals surface area (Å²) in [5.41, 5.74) is 3.42. The summed E-state index contributed by atoms with van der Waals surface area (Å²) in [6, 6.07) is 12.1. The SMILES string of the molecule is COc1ccc(OC)c(C=NNC(=O)CC(=O)Nc2ccccc2OC)c1. The maximum atomic E-state index is 12.0. The Morgan fingerprint density at radius 2 is 1.70 bits per heavy atom. The van der Waals surface area contributed by atoms with Crippen molar-refractivity contribution in [3.05, 3.63) is 48.0 Å². The molecule has 2 rings (SSSR count). The Bertz CT molecular complexity index is 836. The molecule has 0 spiro atoms. The summed E-state index contributed by atoms with van der Waals surface area (Å²) in [5.74, 6) is 0.670. The number of carbonyl (C=O) groups excluding carboxylic acids is 2. The van der Waals surface area contributed by atoms with E-state index in [1.54, 1.807) is 49.6 Å². The number of benzene rings is 2. The van der Waals surface area contributed by atoms with Gasteiger partial charge in [0.15, 0.2) is 0 Å². The van der Waals surface area contributed by atoms with Crippen LogP contribution < -0.4 is 25.0 Å². The molecule has 0 aromatic heterocycles. The number of anilines is 1. The molecule has 2 aromatic rings. The first kappa shape index (κ1) is 19.8. The van der Waals surface area contributed by atoms with Gasteiger partial charge in [-0.2, -0.15) is 5.10 Å². The van der Waals surface area contributed by atoms with Crippen LogP contribution in [-0.2, 0) is 9.59 Å². The fraction of sp³-hybridized carbons (Fsp3) is 0.211. The Morgan fingerprint density at radius 1 is 0.963 bits per heavy atom. The van der Waals surface area contributed by atoms with Crippen molar-refractivity contribution in [2.75, 3.05) is 26.6 Å². The quantitative estimate of drug-likeness (QED) is 0.421. The molecule has 0 radical (unpaired) electrons. The van der Waals surface area contributed by atoms with E-state index in [2.05, 4.69) is 15.8 Å². The molecule has 8 heteroatoms. The van der Waals surface area contributed by atoms with E-state index in [4.69, 9.17) is 14.2 Å². The maximum Gasteiger partial charge on any atom is 0.249 e. The lowest BCUT2D eigenvalue weighted by atomic mass is 10.2. The van der Waals surface area contributed by atoms with E-state index < -0.39 is 11.8 Å². The van der Waals surface area contributed by atoms with Crippen LogP contribution in [0.1, 0.15) is 12.0 Å². The number of ether oxygens (including phenoxy) is 3. The van der Waals surface area contributed by atoms with Crippen LogP contribution in [0.5, 0.6) is 17.2 Å². The molecular formula is C19H21N3O5. The van der Waals surface area contributed by atoms with Crippen molar-refractivity contribution in [1.29, 1.82) is 0 Å². The zero-order valence-corrected chi connectivity index (χ0v) is 15.3. The summed E-state index contributed by atoms with van der Waals surface area (Å²) in [5, 5.41) is 6.48. The third kappa shape index (κ3) is 5.74. The van der Waals surface area contributed by atoms with Crippen LogP contribution in [0.25, 0.3) is 0 Å². The standard InChI is InChI=1S/C19H21N3O5/c1-25-14-8-9-16(26-2)13(10-14)12-20-22-19(24)11-18(23)21-15-6-4-5-7-17(15)27-3/h4-10,12H,11H2,1-3H3,(H,21,23)(H,22,24). The van der Waals surface area contributed by atoms with Crippen molar-refractivity contribution in [3.63, 3.8) is 0 Å². The van der Waals surface area contributed by atoms with E-state index >= 15 is 0 Å². The minimum atomic E-state index is -0.555. The van der Waals surface area contributed by atoms with Gasteiger partial charge in [-0.15, -0.1) is 0 Å².